The second-order valence-corrected chi connectivity index (χ2v) is 5.77. The van der Waals surface area contributed by atoms with Gasteiger partial charge in [0.2, 0.25) is 11.7 Å². The maximum atomic E-state index is 11.8. The van der Waals surface area contributed by atoms with E-state index < -0.39 is 0 Å². The van der Waals surface area contributed by atoms with Gasteiger partial charge in [-0.25, -0.2) is 4.99 Å². The summed E-state index contributed by atoms with van der Waals surface area (Å²) in [5, 5.41) is 6.41. The van der Waals surface area contributed by atoms with Gasteiger partial charge in [-0.15, -0.1) is 24.0 Å². The highest BCUT2D eigenvalue weighted by molar-refractivity contribution is 14.0. The summed E-state index contributed by atoms with van der Waals surface area (Å²) in [6, 6.07) is 3.57. The molecule has 0 bridgehead atoms. The van der Waals surface area contributed by atoms with Crippen LogP contribution >= 0.6 is 24.0 Å². The molecule has 0 unspecified atom stereocenters. The number of halogens is 1. The highest BCUT2D eigenvalue weighted by Crippen LogP contribution is 2.39. The number of carbonyl (C=O) groups is 1. The second-order valence-electron chi connectivity index (χ2n) is 5.77. The van der Waals surface area contributed by atoms with Gasteiger partial charge in [0.1, 0.15) is 6.54 Å². The van der Waals surface area contributed by atoms with E-state index >= 15 is 0 Å². The van der Waals surface area contributed by atoms with Crippen molar-refractivity contribution in [3.63, 3.8) is 0 Å². The minimum atomic E-state index is -0.0773. The monoisotopic (exact) mass is 494 g/mol. The molecule has 0 aromatic heterocycles. The molecule has 8 nitrogen and oxygen atoms in total. The van der Waals surface area contributed by atoms with Crippen LogP contribution in [0.1, 0.15) is 19.8 Å². The molecule has 0 saturated heterocycles. The predicted molar refractivity (Wildman–Crippen MR) is 119 cm³/mol. The third kappa shape index (κ3) is 8.10. The summed E-state index contributed by atoms with van der Waals surface area (Å²) in [5.41, 5.74) is 0.708. The lowest BCUT2D eigenvalue weighted by atomic mass is 10.2. The number of anilines is 1. The van der Waals surface area contributed by atoms with Crippen LogP contribution in [0.4, 0.5) is 5.69 Å². The minimum Gasteiger partial charge on any atom is -0.493 e. The van der Waals surface area contributed by atoms with Crippen LogP contribution in [-0.4, -0.2) is 65.3 Å². The zero-order chi connectivity index (χ0) is 19.5. The first kappa shape index (κ1) is 25.1. The van der Waals surface area contributed by atoms with Crippen molar-refractivity contribution in [3.8, 4) is 17.2 Å². The van der Waals surface area contributed by atoms with Crippen LogP contribution in [0.3, 0.4) is 0 Å². The number of hydrogen-bond donors (Lipinski definition) is 2. The van der Waals surface area contributed by atoms with E-state index in [0.29, 0.717) is 28.9 Å². The van der Waals surface area contributed by atoms with Gasteiger partial charge in [-0.2, -0.15) is 0 Å². The molecule has 27 heavy (non-hydrogen) atoms. The average Bonchev–Trinajstić information content (AvgIpc) is 2.64. The van der Waals surface area contributed by atoms with E-state index in [1.165, 1.54) is 4.90 Å². The zero-order valence-corrected chi connectivity index (χ0v) is 19.2. The molecule has 1 rings (SSSR count). The first-order valence-electron chi connectivity index (χ1n) is 8.52. The fourth-order valence-electron chi connectivity index (χ4n) is 2.10. The number of nitrogens with zero attached hydrogens (tertiary/aromatic N) is 2. The Hall–Kier alpha value is -1.91. The third-order valence-electron chi connectivity index (χ3n) is 3.62. The molecule has 0 saturated carbocycles. The number of methoxy groups -OCH3 is 3. The van der Waals surface area contributed by atoms with E-state index in [4.69, 9.17) is 14.2 Å². The van der Waals surface area contributed by atoms with Gasteiger partial charge in [-0.3, -0.25) is 4.79 Å². The van der Waals surface area contributed by atoms with E-state index in [9.17, 15) is 4.79 Å². The van der Waals surface area contributed by atoms with Crippen molar-refractivity contribution < 1.29 is 19.0 Å². The highest BCUT2D eigenvalue weighted by atomic mass is 127. The van der Waals surface area contributed by atoms with Crippen LogP contribution in [0.2, 0.25) is 0 Å². The molecule has 0 radical (unpaired) electrons. The number of benzene rings is 1. The SMILES string of the molecule is CCCCNC(=NCC(=O)N(C)C)Nc1cc(OC)c(OC)c(OC)c1.I. The third-order valence-corrected chi connectivity index (χ3v) is 3.62. The van der Waals surface area contributed by atoms with Gasteiger partial charge >= 0.3 is 0 Å². The molecule has 1 aromatic carbocycles. The summed E-state index contributed by atoms with van der Waals surface area (Å²) in [7, 11) is 8.08. The van der Waals surface area contributed by atoms with Crippen molar-refractivity contribution in [1.82, 2.24) is 10.2 Å². The van der Waals surface area contributed by atoms with Crippen molar-refractivity contribution in [2.75, 3.05) is 53.8 Å². The Kier molecular flexibility index (Phi) is 12.3. The van der Waals surface area contributed by atoms with Gasteiger partial charge in [0.25, 0.3) is 0 Å². The van der Waals surface area contributed by atoms with Gasteiger partial charge < -0.3 is 29.7 Å². The predicted octanol–water partition coefficient (Wildman–Crippen LogP) is 2.58. The fraction of sp³-hybridized carbons (Fsp3) is 0.556. The number of ether oxygens (including phenoxy) is 3. The number of likely N-dealkylation sites (N-methyl/N-ethyl adjacent to an activating group) is 1. The average molecular weight is 494 g/mol. The van der Waals surface area contributed by atoms with Crippen molar-refractivity contribution in [1.29, 1.82) is 0 Å². The molecular formula is C18H31IN4O4. The van der Waals surface area contributed by atoms with Crippen LogP contribution in [-0.2, 0) is 4.79 Å². The van der Waals surface area contributed by atoms with Gasteiger partial charge in [0.15, 0.2) is 17.5 Å². The molecule has 1 aromatic rings. The molecule has 9 heteroatoms. The summed E-state index contributed by atoms with van der Waals surface area (Å²) in [6.07, 6.45) is 2.05. The first-order valence-corrected chi connectivity index (χ1v) is 8.52. The number of carbonyl (C=O) groups excluding carboxylic acids is 1. The molecule has 0 heterocycles. The number of guanidine groups is 1. The summed E-state index contributed by atoms with van der Waals surface area (Å²) >= 11 is 0. The van der Waals surface area contributed by atoms with Crippen LogP contribution in [0.15, 0.2) is 17.1 Å². The van der Waals surface area contributed by atoms with Gasteiger partial charge in [-0.05, 0) is 6.42 Å². The molecule has 0 aliphatic rings. The maximum Gasteiger partial charge on any atom is 0.243 e. The molecule has 2 N–H and O–H groups in total. The lowest BCUT2D eigenvalue weighted by Crippen LogP contribution is -2.33. The zero-order valence-electron chi connectivity index (χ0n) is 16.9. The van der Waals surface area contributed by atoms with Crippen molar-refractivity contribution in [3.05, 3.63) is 12.1 Å². The van der Waals surface area contributed by atoms with Crippen molar-refractivity contribution in [2.45, 2.75) is 19.8 Å². The number of rotatable bonds is 9. The van der Waals surface area contributed by atoms with E-state index in [2.05, 4.69) is 22.5 Å². The maximum absolute atomic E-state index is 11.8. The number of hydrogen-bond acceptors (Lipinski definition) is 5. The molecule has 0 aliphatic heterocycles. The Morgan fingerprint density at radius 1 is 1.11 bits per heavy atom. The Balaban J connectivity index is 0.00000676. The van der Waals surface area contributed by atoms with Crippen LogP contribution in [0, 0.1) is 0 Å². The molecule has 1 amide bonds. The fourth-order valence-corrected chi connectivity index (χ4v) is 2.10. The summed E-state index contributed by atoms with van der Waals surface area (Å²) in [6.45, 7) is 2.92. The van der Waals surface area contributed by atoms with E-state index in [1.54, 1.807) is 47.6 Å². The molecular weight excluding hydrogens is 463 g/mol. The molecule has 0 aliphatic carbocycles. The van der Waals surface area contributed by atoms with Gasteiger partial charge in [0.05, 0.1) is 21.3 Å². The smallest absolute Gasteiger partial charge is 0.243 e. The van der Waals surface area contributed by atoms with Gasteiger partial charge in [0, 0.05) is 38.5 Å². The first-order chi connectivity index (χ1) is 12.5. The van der Waals surface area contributed by atoms with Crippen molar-refractivity contribution >= 4 is 41.5 Å². The number of amides is 1. The lowest BCUT2D eigenvalue weighted by Gasteiger charge is -2.17. The molecule has 154 valence electrons. The van der Waals surface area contributed by atoms with E-state index in [0.717, 1.165) is 19.4 Å². The van der Waals surface area contributed by atoms with E-state index in [-0.39, 0.29) is 36.4 Å². The summed E-state index contributed by atoms with van der Waals surface area (Å²) < 4.78 is 16.1. The Labute approximate surface area is 178 Å². The Morgan fingerprint density at radius 3 is 2.15 bits per heavy atom. The van der Waals surface area contributed by atoms with Crippen LogP contribution < -0.4 is 24.8 Å². The van der Waals surface area contributed by atoms with Crippen molar-refractivity contribution in [2.24, 2.45) is 4.99 Å². The quantitative estimate of drug-likeness (QED) is 0.238. The summed E-state index contributed by atoms with van der Waals surface area (Å²) in [4.78, 5) is 17.7. The molecule has 0 atom stereocenters. The highest BCUT2D eigenvalue weighted by Gasteiger charge is 2.14. The minimum absolute atomic E-state index is 0. The van der Waals surface area contributed by atoms with Gasteiger partial charge in [-0.1, -0.05) is 13.3 Å². The second kappa shape index (κ2) is 13.3. The number of nitrogens with one attached hydrogen (secondary N) is 2. The number of aliphatic imine (C=N–C) groups is 1. The normalized spacial score (nSPS) is 10.5. The molecule has 0 fully saturated rings. The standard InChI is InChI=1S/C18H30N4O4.HI/c1-7-8-9-19-18(20-12-16(23)22(2)3)21-13-10-14(24-4)17(26-6)15(11-13)25-5;/h10-11H,7-9,12H2,1-6H3,(H2,19,20,21);1H. The molecule has 0 spiro atoms. The largest absolute Gasteiger partial charge is 0.493 e. The van der Waals surface area contributed by atoms with E-state index in [1.807, 2.05) is 0 Å². The van der Waals surface area contributed by atoms with Crippen LogP contribution in [0.5, 0.6) is 17.2 Å². The Bertz CT molecular complexity index is 598. The topological polar surface area (TPSA) is 84.4 Å². The lowest BCUT2D eigenvalue weighted by molar-refractivity contribution is -0.127. The van der Waals surface area contributed by atoms with Crippen LogP contribution in [0.25, 0.3) is 0 Å². The summed E-state index contributed by atoms with van der Waals surface area (Å²) in [5.74, 6) is 2.02. The number of unbranched alkanes of at least 4 members (excludes halogenated alkanes) is 1. The Morgan fingerprint density at radius 2 is 1.70 bits per heavy atom.